The summed E-state index contributed by atoms with van der Waals surface area (Å²) in [6.07, 6.45) is -2.83. The zero-order valence-electron chi connectivity index (χ0n) is 8.85. The maximum Gasteiger partial charge on any atom is 0.416 e. The predicted octanol–water partition coefficient (Wildman–Crippen LogP) is 3.69. The topological polar surface area (TPSA) is 12.0 Å². The maximum absolute atomic E-state index is 13.1. The minimum Gasteiger partial charge on any atom is -0.310 e. The molecule has 0 saturated carbocycles. The summed E-state index contributed by atoms with van der Waals surface area (Å²) < 4.78 is 50.4. The quantitative estimate of drug-likeness (QED) is 0.767. The predicted molar refractivity (Wildman–Crippen MR) is 58.6 cm³/mol. The average molecular weight is 270 g/mol. The van der Waals surface area contributed by atoms with Crippen molar-refractivity contribution in [2.45, 2.75) is 25.1 Å². The lowest BCUT2D eigenvalue weighted by atomic mass is 10.0. The van der Waals surface area contributed by atoms with Gasteiger partial charge in [0.15, 0.2) is 0 Å². The highest BCUT2D eigenvalue weighted by Crippen LogP contribution is 2.33. The SMILES string of the molecule is Cl.Fc1cc([C@H]2CCCN2)cc(C(F)(F)F)c1. The summed E-state index contributed by atoms with van der Waals surface area (Å²) in [5.74, 6) is -0.835. The lowest BCUT2D eigenvalue weighted by Crippen LogP contribution is -2.14. The highest BCUT2D eigenvalue weighted by molar-refractivity contribution is 5.85. The van der Waals surface area contributed by atoms with E-state index in [0.29, 0.717) is 11.6 Å². The van der Waals surface area contributed by atoms with Crippen LogP contribution in [-0.2, 0) is 6.18 Å². The molecule has 1 fully saturated rings. The van der Waals surface area contributed by atoms with Crippen LogP contribution in [0.4, 0.5) is 17.6 Å². The highest BCUT2D eigenvalue weighted by Gasteiger charge is 2.32. The molecule has 0 aromatic heterocycles. The molecule has 0 spiro atoms. The van der Waals surface area contributed by atoms with Gasteiger partial charge < -0.3 is 5.32 Å². The van der Waals surface area contributed by atoms with Gasteiger partial charge in [-0.3, -0.25) is 0 Å². The molecular weight excluding hydrogens is 258 g/mol. The van der Waals surface area contributed by atoms with Gasteiger partial charge in [-0.15, -0.1) is 12.4 Å². The molecule has 1 saturated heterocycles. The molecule has 1 nitrogen and oxygen atoms in total. The third kappa shape index (κ3) is 3.33. The molecule has 2 rings (SSSR count). The van der Waals surface area contributed by atoms with E-state index in [2.05, 4.69) is 5.32 Å². The first-order valence-corrected chi connectivity index (χ1v) is 5.08. The minimum absolute atomic E-state index is 0. The Labute approximate surface area is 103 Å². The molecule has 1 atom stereocenters. The van der Waals surface area contributed by atoms with Gasteiger partial charge in [0.05, 0.1) is 5.56 Å². The highest BCUT2D eigenvalue weighted by atomic mass is 35.5. The number of halogens is 5. The summed E-state index contributed by atoms with van der Waals surface area (Å²) in [4.78, 5) is 0. The van der Waals surface area contributed by atoms with E-state index in [-0.39, 0.29) is 18.4 Å². The van der Waals surface area contributed by atoms with E-state index in [1.165, 1.54) is 0 Å². The zero-order valence-corrected chi connectivity index (χ0v) is 9.67. The number of benzene rings is 1. The Bertz CT molecular complexity index is 386. The number of nitrogens with one attached hydrogen (secondary N) is 1. The third-order valence-corrected chi connectivity index (χ3v) is 2.71. The van der Waals surface area contributed by atoms with E-state index >= 15 is 0 Å². The Kier molecular flexibility index (Phi) is 4.38. The van der Waals surface area contributed by atoms with Crippen LogP contribution in [0.5, 0.6) is 0 Å². The molecule has 96 valence electrons. The van der Waals surface area contributed by atoms with Gasteiger partial charge >= 0.3 is 6.18 Å². The van der Waals surface area contributed by atoms with Crippen LogP contribution < -0.4 is 5.32 Å². The van der Waals surface area contributed by atoms with Crippen molar-refractivity contribution < 1.29 is 17.6 Å². The summed E-state index contributed by atoms with van der Waals surface area (Å²) >= 11 is 0. The smallest absolute Gasteiger partial charge is 0.310 e. The van der Waals surface area contributed by atoms with Crippen LogP contribution in [0, 0.1) is 5.82 Å². The molecule has 0 amide bonds. The summed E-state index contributed by atoms with van der Waals surface area (Å²) in [5, 5.41) is 3.04. The van der Waals surface area contributed by atoms with Crippen molar-refractivity contribution in [3.05, 3.63) is 35.1 Å². The van der Waals surface area contributed by atoms with Crippen molar-refractivity contribution in [2.24, 2.45) is 0 Å². The van der Waals surface area contributed by atoms with Gasteiger partial charge in [0.1, 0.15) is 5.82 Å². The Hall–Kier alpha value is -0.810. The van der Waals surface area contributed by atoms with Crippen LogP contribution in [0.15, 0.2) is 18.2 Å². The maximum atomic E-state index is 13.1. The van der Waals surface area contributed by atoms with Gasteiger partial charge in [0.25, 0.3) is 0 Å². The second-order valence-corrected chi connectivity index (χ2v) is 3.92. The number of hydrogen-bond acceptors (Lipinski definition) is 1. The molecule has 1 N–H and O–H groups in total. The number of alkyl halides is 3. The largest absolute Gasteiger partial charge is 0.416 e. The van der Waals surface area contributed by atoms with Crippen molar-refractivity contribution in [3.8, 4) is 0 Å². The molecule has 0 bridgehead atoms. The molecule has 1 aliphatic rings. The number of rotatable bonds is 1. The molecule has 1 aromatic carbocycles. The van der Waals surface area contributed by atoms with E-state index in [1.54, 1.807) is 0 Å². The van der Waals surface area contributed by atoms with E-state index in [9.17, 15) is 17.6 Å². The molecule has 1 heterocycles. The fourth-order valence-electron chi connectivity index (χ4n) is 1.95. The summed E-state index contributed by atoms with van der Waals surface area (Å²) in [7, 11) is 0. The van der Waals surface area contributed by atoms with Crippen molar-refractivity contribution in [3.63, 3.8) is 0 Å². The van der Waals surface area contributed by atoms with Crippen molar-refractivity contribution in [2.75, 3.05) is 6.54 Å². The van der Waals surface area contributed by atoms with Gasteiger partial charge in [-0.05, 0) is 43.1 Å². The first-order valence-electron chi connectivity index (χ1n) is 5.08. The molecule has 1 aromatic rings. The van der Waals surface area contributed by atoms with Gasteiger partial charge in [0.2, 0.25) is 0 Å². The van der Waals surface area contributed by atoms with Gasteiger partial charge in [-0.2, -0.15) is 13.2 Å². The third-order valence-electron chi connectivity index (χ3n) is 2.71. The lowest BCUT2D eigenvalue weighted by molar-refractivity contribution is -0.137. The Morgan fingerprint density at radius 1 is 1.18 bits per heavy atom. The van der Waals surface area contributed by atoms with Gasteiger partial charge in [-0.25, -0.2) is 4.39 Å². The summed E-state index contributed by atoms with van der Waals surface area (Å²) in [5.41, 5.74) is -0.541. The van der Waals surface area contributed by atoms with Crippen LogP contribution in [-0.4, -0.2) is 6.54 Å². The lowest BCUT2D eigenvalue weighted by Gasteiger charge is -2.14. The normalized spacial score (nSPS) is 20.1. The second kappa shape index (κ2) is 5.23. The Balaban J connectivity index is 0.00000144. The molecule has 0 aliphatic carbocycles. The van der Waals surface area contributed by atoms with Crippen LogP contribution in [0.2, 0.25) is 0 Å². The van der Waals surface area contributed by atoms with Crippen molar-refractivity contribution >= 4 is 12.4 Å². The second-order valence-electron chi connectivity index (χ2n) is 3.92. The van der Waals surface area contributed by atoms with Crippen molar-refractivity contribution in [1.29, 1.82) is 0 Å². The van der Waals surface area contributed by atoms with Crippen molar-refractivity contribution in [1.82, 2.24) is 5.32 Å². The number of hydrogen-bond donors (Lipinski definition) is 1. The van der Waals surface area contributed by atoms with Crippen LogP contribution in [0.25, 0.3) is 0 Å². The average Bonchev–Trinajstić information content (AvgIpc) is 2.68. The first kappa shape index (κ1) is 14.3. The molecule has 0 radical (unpaired) electrons. The van der Waals surface area contributed by atoms with Gasteiger partial charge in [0, 0.05) is 6.04 Å². The molecule has 1 aliphatic heterocycles. The standard InChI is InChI=1S/C11H11F4N.ClH/c12-9-5-7(10-2-1-3-16-10)4-8(6-9)11(13,14)15;/h4-6,10,16H,1-3H2;1H/t10-;/m1./s1. The Morgan fingerprint density at radius 2 is 1.88 bits per heavy atom. The minimum atomic E-state index is -4.49. The van der Waals surface area contributed by atoms with Crippen LogP contribution >= 0.6 is 12.4 Å². The van der Waals surface area contributed by atoms with Crippen LogP contribution in [0.3, 0.4) is 0 Å². The van der Waals surface area contributed by atoms with E-state index in [0.717, 1.165) is 31.5 Å². The molecular formula is C11H12ClF4N. The molecule has 6 heteroatoms. The van der Waals surface area contributed by atoms with Gasteiger partial charge in [-0.1, -0.05) is 0 Å². The zero-order chi connectivity index (χ0) is 11.8. The van der Waals surface area contributed by atoms with Crippen LogP contribution in [0.1, 0.15) is 30.0 Å². The first-order chi connectivity index (χ1) is 7.47. The molecule has 0 unspecified atom stereocenters. The molecule has 17 heavy (non-hydrogen) atoms. The summed E-state index contributed by atoms with van der Waals surface area (Å²) in [6.45, 7) is 0.766. The fourth-order valence-corrected chi connectivity index (χ4v) is 1.95. The Morgan fingerprint density at radius 3 is 2.41 bits per heavy atom. The fraction of sp³-hybridized carbons (Fsp3) is 0.455. The van der Waals surface area contributed by atoms with E-state index in [4.69, 9.17) is 0 Å². The monoisotopic (exact) mass is 269 g/mol. The summed E-state index contributed by atoms with van der Waals surface area (Å²) in [6, 6.07) is 2.56. The van der Waals surface area contributed by atoms with E-state index in [1.807, 2.05) is 0 Å². The van der Waals surface area contributed by atoms with E-state index < -0.39 is 17.6 Å².